The molecule has 1 unspecified atom stereocenters. The van der Waals surface area contributed by atoms with Gasteiger partial charge in [0.25, 0.3) is 0 Å². The summed E-state index contributed by atoms with van der Waals surface area (Å²) in [5, 5.41) is 0. The van der Waals surface area contributed by atoms with Crippen molar-refractivity contribution < 1.29 is 9.13 Å². The van der Waals surface area contributed by atoms with Crippen molar-refractivity contribution in [2.45, 2.75) is 18.9 Å². The average Bonchev–Trinajstić information content (AvgIpc) is 2.18. The van der Waals surface area contributed by atoms with Crippen LogP contribution in [0.4, 0.5) is 4.39 Å². The Bertz CT molecular complexity index is 306. The maximum absolute atomic E-state index is 12.9. The van der Waals surface area contributed by atoms with E-state index >= 15 is 0 Å². The molecule has 1 heterocycles. The molecule has 0 aliphatic heterocycles. The zero-order valence-corrected chi connectivity index (χ0v) is 8.46. The molecule has 1 rings (SSSR count). The third-order valence-corrected chi connectivity index (χ3v) is 2.31. The lowest BCUT2D eigenvalue weighted by atomic mass is 9.90. The van der Waals surface area contributed by atoms with Gasteiger partial charge in [0.1, 0.15) is 5.82 Å². The molecule has 2 N–H and O–H groups in total. The zero-order chi connectivity index (χ0) is 10.6. The number of nitrogens with two attached hydrogens (primary N) is 1. The lowest BCUT2D eigenvalue weighted by Crippen LogP contribution is -2.40. The van der Waals surface area contributed by atoms with Crippen LogP contribution in [0.3, 0.4) is 0 Å². The Kier molecular flexibility index (Phi) is 3.55. The molecule has 0 fully saturated rings. The molecule has 0 saturated carbocycles. The minimum atomic E-state index is -0.649. The van der Waals surface area contributed by atoms with Crippen molar-refractivity contribution in [2.24, 2.45) is 5.73 Å². The SMILES string of the molecule is CCC(N)(COC)c1cncc(F)c1. The molecule has 0 radical (unpaired) electrons. The van der Waals surface area contributed by atoms with Gasteiger partial charge in [-0.25, -0.2) is 4.39 Å². The molecule has 0 aliphatic rings. The second kappa shape index (κ2) is 4.48. The van der Waals surface area contributed by atoms with Crippen LogP contribution >= 0.6 is 0 Å². The Morgan fingerprint density at radius 3 is 2.79 bits per heavy atom. The van der Waals surface area contributed by atoms with Crippen LogP contribution in [-0.4, -0.2) is 18.7 Å². The highest BCUT2D eigenvalue weighted by molar-refractivity contribution is 5.20. The zero-order valence-electron chi connectivity index (χ0n) is 8.46. The summed E-state index contributed by atoms with van der Waals surface area (Å²) in [6, 6.07) is 1.40. The van der Waals surface area contributed by atoms with E-state index in [0.29, 0.717) is 18.6 Å². The van der Waals surface area contributed by atoms with E-state index in [1.807, 2.05) is 6.92 Å². The van der Waals surface area contributed by atoms with Crippen LogP contribution in [0.2, 0.25) is 0 Å². The van der Waals surface area contributed by atoms with Crippen molar-refractivity contribution in [1.82, 2.24) is 4.98 Å². The molecule has 1 atom stereocenters. The van der Waals surface area contributed by atoms with Crippen LogP contribution in [0.25, 0.3) is 0 Å². The van der Waals surface area contributed by atoms with Gasteiger partial charge in [0, 0.05) is 13.3 Å². The summed E-state index contributed by atoms with van der Waals surface area (Å²) < 4.78 is 17.9. The van der Waals surface area contributed by atoms with E-state index in [1.54, 1.807) is 13.3 Å². The minimum absolute atomic E-state index is 0.356. The molecular weight excluding hydrogens is 183 g/mol. The summed E-state index contributed by atoms with van der Waals surface area (Å²) in [5.74, 6) is -0.373. The Morgan fingerprint density at radius 2 is 2.29 bits per heavy atom. The molecule has 3 nitrogen and oxygen atoms in total. The number of halogens is 1. The van der Waals surface area contributed by atoms with Gasteiger partial charge in [-0.05, 0) is 18.1 Å². The predicted octanol–water partition coefficient (Wildman–Crippen LogP) is 1.43. The third kappa shape index (κ3) is 2.27. The van der Waals surface area contributed by atoms with E-state index in [2.05, 4.69) is 4.98 Å². The second-order valence-corrected chi connectivity index (χ2v) is 3.33. The van der Waals surface area contributed by atoms with Crippen LogP contribution in [0.1, 0.15) is 18.9 Å². The first-order valence-corrected chi connectivity index (χ1v) is 4.51. The van der Waals surface area contributed by atoms with E-state index in [-0.39, 0.29) is 5.82 Å². The molecule has 0 saturated heterocycles. The Balaban J connectivity index is 2.99. The molecule has 0 spiro atoms. The standard InChI is InChI=1S/C10H15FN2O/c1-3-10(12,7-14-2)8-4-9(11)6-13-5-8/h4-6H,3,7,12H2,1-2H3. The first kappa shape index (κ1) is 11.1. The highest BCUT2D eigenvalue weighted by Crippen LogP contribution is 2.21. The Morgan fingerprint density at radius 1 is 1.57 bits per heavy atom. The lowest BCUT2D eigenvalue weighted by molar-refractivity contribution is 0.129. The maximum Gasteiger partial charge on any atom is 0.141 e. The highest BCUT2D eigenvalue weighted by atomic mass is 19.1. The third-order valence-electron chi connectivity index (χ3n) is 2.31. The van der Waals surface area contributed by atoms with E-state index in [0.717, 1.165) is 6.20 Å². The summed E-state index contributed by atoms with van der Waals surface area (Å²) in [4.78, 5) is 3.77. The molecule has 0 amide bonds. The average molecular weight is 198 g/mol. The largest absolute Gasteiger partial charge is 0.382 e. The lowest BCUT2D eigenvalue weighted by Gasteiger charge is -2.27. The van der Waals surface area contributed by atoms with Crippen molar-refractivity contribution in [3.8, 4) is 0 Å². The van der Waals surface area contributed by atoms with Gasteiger partial charge in [0.15, 0.2) is 0 Å². The fourth-order valence-electron chi connectivity index (χ4n) is 1.33. The van der Waals surface area contributed by atoms with Gasteiger partial charge in [-0.1, -0.05) is 6.92 Å². The van der Waals surface area contributed by atoms with Gasteiger partial charge in [-0.2, -0.15) is 0 Å². The molecule has 1 aromatic heterocycles. The smallest absolute Gasteiger partial charge is 0.141 e. The van der Waals surface area contributed by atoms with E-state index in [4.69, 9.17) is 10.5 Å². The van der Waals surface area contributed by atoms with Crippen molar-refractivity contribution in [3.05, 3.63) is 29.8 Å². The minimum Gasteiger partial charge on any atom is -0.382 e. The van der Waals surface area contributed by atoms with Gasteiger partial charge in [-0.15, -0.1) is 0 Å². The Hall–Kier alpha value is -1.00. The first-order valence-electron chi connectivity index (χ1n) is 4.51. The highest BCUT2D eigenvalue weighted by Gasteiger charge is 2.25. The van der Waals surface area contributed by atoms with E-state index in [1.165, 1.54) is 6.07 Å². The van der Waals surface area contributed by atoms with Crippen molar-refractivity contribution in [1.29, 1.82) is 0 Å². The fourth-order valence-corrected chi connectivity index (χ4v) is 1.33. The molecular formula is C10H15FN2O. The topological polar surface area (TPSA) is 48.1 Å². The first-order chi connectivity index (χ1) is 6.62. The number of rotatable bonds is 4. The molecule has 0 aliphatic carbocycles. The number of hydrogen-bond acceptors (Lipinski definition) is 3. The van der Waals surface area contributed by atoms with Crippen LogP contribution in [0.15, 0.2) is 18.5 Å². The number of hydrogen-bond donors (Lipinski definition) is 1. The quantitative estimate of drug-likeness (QED) is 0.796. The summed E-state index contributed by atoms with van der Waals surface area (Å²) in [5.41, 5.74) is 6.09. The van der Waals surface area contributed by atoms with Crippen molar-refractivity contribution >= 4 is 0 Å². The van der Waals surface area contributed by atoms with Crippen LogP contribution < -0.4 is 5.73 Å². The van der Waals surface area contributed by atoms with Gasteiger partial charge in [0.05, 0.1) is 18.3 Å². The van der Waals surface area contributed by atoms with Crippen LogP contribution in [0.5, 0.6) is 0 Å². The number of nitrogens with zero attached hydrogens (tertiary/aromatic N) is 1. The molecule has 14 heavy (non-hydrogen) atoms. The maximum atomic E-state index is 12.9. The van der Waals surface area contributed by atoms with Gasteiger partial charge < -0.3 is 10.5 Å². The van der Waals surface area contributed by atoms with Gasteiger partial charge in [-0.3, -0.25) is 4.98 Å². The molecule has 4 heteroatoms. The fraction of sp³-hybridized carbons (Fsp3) is 0.500. The molecule has 78 valence electrons. The molecule has 0 aromatic carbocycles. The number of pyridine rings is 1. The summed E-state index contributed by atoms with van der Waals surface area (Å²) in [6.07, 6.45) is 3.41. The number of aromatic nitrogens is 1. The summed E-state index contributed by atoms with van der Waals surface area (Å²) >= 11 is 0. The second-order valence-electron chi connectivity index (χ2n) is 3.33. The summed E-state index contributed by atoms with van der Waals surface area (Å²) in [7, 11) is 1.57. The Labute approximate surface area is 83.1 Å². The van der Waals surface area contributed by atoms with Gasteiger partial charge in [0.2, 0.25) is 0 Å². The number of methoxy groups -OCH3 is 1. The van der Waals surface area contributed by atoms with Crippen LogP contribution in [0, 0.1) is 5.82 Å². The predicted molar refractivity (Wildman–Crippen MR) is 52.2 cm³/mol. The monoisotopic (exact) mass is 198 g/mol. The molecule has 1 aromatic rings. The van der Waals surface area contributed by atoms with Crippen LogP contribution in [-0.2, 0) is 10.3 Å². The van der Waals surface area contributed by atoms with E-state index in [9.17, 15) is 4.39 Å². The van der Waals surface area contributed by atoms with Crippen molar-refractivity contribution in [2.75, 3.05) is 13.7 Å². The molecule has 0 bridgehead atoms. The number of ether oxygens (including phenoxy) is 1. The van der Waals surface area contributed by atoms with Crippen molar-refractivity contribution in [3.63, 3.8) is 0 Å². The van der Waals surface area contributed by atoms with E-state index < -0.39 is 5.54 Å². The summed E-state index contributed by atoms with van der Waals surface area (Å²) in [6.45, 7) is 2.29. The normalized spacial score (nSPS) is 15.1. The van der Waals surface area contributed by atoms with Gasteiger partial charge >= 0.3 is 0 Å².